The molecule has 0 amide bonds. The van der Waals surface area contributed by atoms with E-state index in [0.717, 1.165) is 25.1 Å². The van der Waals surface area contributed by atoms with E-state index in [-0.39, 0.29) is 0 Å². The van der Waals surface area contributed by atoms with E-state index in [4.69, 9.17) is 19.9 Å². The standard InChI is InChI=1S/C18H31N3O3/c1-4-5-6-7-9-20-18(19)21-10-8-11-24-17-13-15(22-2)12-16(14-17)23-3/h12-14H,4-11H2,1-3H3,(H3,19,20,21). The number of aliphatic imine (C=N–C) groups is 1. The van der Waals surface area contributed by atoms with E-state index in [1.165, 1.54) is 19.3 Å². The predicted octanol–water partition coefficient (Wildman–Crippen LogP) is 2.96. The number of unbranched alkanes of at least 4 members (excludes halogenated alkanes) is 3. The van der Waals surface area contributed by atoms with Gasteiger partial charge in [0, 0.05) is 37.7 Å². The fourth-order valence-corrected chi connectivity index (χ4v) is 2.14. The summed E-state index contributed by atoms with van der Waals surface area (Å²) in [4.78, 5) is 4.29. The van der Waals surface area contributed by atoms with Crippen LogP contribution in [0, 0.1) is 0 Å². The van der Waals surface area contributed by atoms with Gasteiger partial charge in [0.15, 0.2) is 5.96 Å². The van der Waals surface area contributed by atoms with Crippen LogP contribution < -0.4 is 25.3 Å². The second-order valence-electron chi connectivity index (χ2n) is 5.50. The van der Waals surface area contributed by atoms with Crippen LogP contribution in [0.2, 0.25) is 0 Å². The molecule has 0 spiro atoms. The highest BCUT2D eigenvalue weighted by Crippen LogP contribution is 2.27. The number of ether oxygens (including phenoxy) is 3. The first-order valence-electron chi connectivity index (χ1n) is 8.59. The summed E-state index contributed by atoms with van der Waals surface area (Å²) >= 11 is 0. The summed E-state index contributed by atoms with van der Waals surface area (Å²) in [6, 6.07) is 5.47. The van der Waals surface area contributed by atoms with Crippen LogP contribution in [-0.2, 0) is 0 Å². The molecule has 3 N–H and O–H groups in total. The lowest BCUT2D eigenvalue weighted by Crippen LogP contribution is -2.32. The van der Waals surface area contributed by atoms with Crippen LogP contribution in [0.15, 0.2) is 23.2 Å². The highest BCUT2D eigenvalue weighted by atomic mass is 16.5. The highest BCUT2D eigenvalue weighted by molar-refractivity contribution is 5.77. The number of nitrogens with two attached hydrogens (primary N) is 1. The van der Waals surface area contributed by atoms with E-state index in [1.54, 1.807) is 14.2 Å². The Labute approximate surface area is 145 Å². The number of guanidine groups is 1. The van der Waals surface area contributed by atoms with Gasteiger partial charge in [0.25, 0.3) is 0 Å². The van der Waals surface area contributed by atoms with Crippen molar-refractivity contribution in [3.63, 3.8) is 0 Å². The first kappa shape index (κ1) is 19.9. The molecule has 0 aromatic heterocycles. The molecule has 0 bridgehead atoms. The Hall–Kier alpha value is -2.11. The first-order chi connectivity index (χ1) is 11.7. The molecule has 0 saturated heterocycles. The zero-order chi connectivity index (χ0) is 17.6. The van der Waals surface area contributed by atoms with Gasteiger partial charge in [-0.1, -0.05) is 26.2 Å². The van der Waals surface area contributed by atoms with E-state index in [2.05, 4.69) is 17.2 Å². The molecule has 1 rings (SSSR count). The van der Waals surface area contributed by atoms with Gasteiger partial charge in [-0.3, -0.25) is 4.99 Å². The van der Waals surface area contributed by atoms with Gasteiger partial charge in [0.05, 0.1) is 20.8 Å². The summed E-state index contributed by atoms with van der Waals surface area (Å²) in [5.74, 6) is 2.64. The first-order valence-corrected chi connectivity index (χ1v) is 8.59. The molecule has 136 valence electrons. The molecule has 0 radical (unpaired) electrons. The molecule has 0 aliphatic heterocycles. The summed E-state index contributed by atoms with van der Waals surface area (Å²) in [6.45, 7) is 4.28. The Bertz CT molecular complexity index is 470. The van der Waals surface area contributed by atoms with Crippen LogP contribution in [0.3, 0.4) is 0 Å². The third-order valence-electron chi connectivity index (χ3n) is 3.51. The lowest BCUT2D eigenvalue weighted by atomic mass is 10.2. The summed E-state index contributed by atoms with van der Waals surface area (Å²) in [6.07, 6.45) is 5.66. The Kier molecular flexibility index (Phi) is 10.2. The van der Waals surface area contributed by atoms with Crippen LogP contribution in [-0.4, -0.2) is 39.9 Å². The Morgan fingerprint density at radius 3 is 2.29 bits per heavy atom. The summed E-state index contributed by atoms with van der Waals surface area (Å²) < 4.78 is 16.1. The number of benzene rings is 1. The van der Waals surface area contributed by atoms with E-state index in [0.29, 0.717) is 30.6 Å². The number of hydrogen-bond acceptors (Lipinski definition) is 4. The number of hydrogen-bond donors (Lipinski definition) is 2. The van der Waals surface area contributed by atoms with Gasteiger partial charge in [-0.25, -0.2) is 0 Å². The molecule has 0 unspecified atom stereocenters. The summed E-state index contributed by atoms with van der Waals surface area (Å²) in [7, 11) is 3.23. The maximum atomic E-state index is 5.82. The minimum absolute atomic E-state index is 0.509. The van der Waals surface area contributed by atoms with Crippen LogP contribution in [0.1, 0.15) is 39.0 Å². The lowest BCUT2D eigenvalue weighted by Gasteiger charge is -2.10. The molecule has 1 aromatic carbocycles. The average molecular weight is 337 g/mol. The van der Waals surface area contributed by atoms with E-state index < -0.39 is 0 Å². The Morgan fingerprint density at radius 2 is 1.67 bits per heavy atom. The van der Waals surface area contributed by atoms with Gasteiger partial charge in [0.1, 0.15) is 17.2 Å². The van der Waals surface area contributed by atoms with E-state index in [1.807, 2.05) is 18.2 Å². The molecule has 6 nitrogen and oxygen atoms in total. The van der Waals surface area contributed by atoms with Gasteiger partial charge in [-0.15, -0.1) is 0 Å². The summed E-state index contributed by atoms with van der Waals surface area (Å²) in [5.41, 5.74) is 5.82. The van der Waals surface area contributed by atoms with Crippen LogP contribution in [0.5, 0.6) is 17.2 Å². The molecule has 0 saturated carbocycles. The molecule has 0 atom stereocenters. The fourth-order valence-electron chi connectivity index (χ4n) is 2.14. The van der Waals surface area contributed by atoms with Gasteiger partial charge < -0.3 is 25.3 Å². The van der Waals surface area contributed by atoms with Crippen molar-refractivity contribution in [1.29, 1.82) is 0 Å². The molecule has 1 aromatic rings. The van der Waals surface area contributed by atoms with Crippen molar-refractivity contribution >= 4 is 5.96 Å². The Balaban J connectivity index is 2.22. The molecule has 0 aliphatic rings. The van der Waals surface area contributed by atoms with Gasteiger partial charge in [0.2, 0.25) is 0 Å². The largest absolute Gasteiger partial charge is 0.496 e. The van der Waals surface area contributed by atoms with Crippen molar-refractivity contribution in [2.75, 3.05) is 33.9 Å². The lowest BCUT2D eigenvalue weighted by molar-refractivity contribution is 0.307. The SMILES string of the molecule is CCCCCCNC(N)=NCCCOc1cc(OC)cc(OC)c1. The number of rotatable bonds is 12. The van der Waals surface area contributed by atoms with Crippen molar-refractivity contribution in [1.82, 2.24) is 5.32 Å². The predicted molar refractivity (Wildman–Crippen MR) is 98.3 cm³/mol. The van der Waals surface area contributed by atoms with Crippen LogP contribution >= 0.6 is 0 Å². The van der Waals surface area contributed by atoms with Crippen molar-refractivity contribution in [3.05, 3.63) is 18.2 Å². The Morgan fingerprint density at radius 1 is 1.00 bits per heavy atom. The normalized spacial score (nSPS) is 11.2. The monoisotopic (exact) mass is 337 g/mol. The quantitative estimate of drug-likeness (QED) is 0.348. The minimum atomic E-state index is 0.509. The number of methoxy groups -OCH3 is 2. The topological polar surface area (TPSA) is 78.1 Å². The van der Waals surface area contributed by atoms with Gasteiger partial charge in [-0.05, 0) is 6.42 Å². The fraction of sp³-hybridized carbons (Fsp3) is 0.611. The third-order valence-corrected chi connectivity index (χ3v) is 3.51. The smallest absolute Gasteiger partial charge is 0.188 e. The molecular formula is C18H31N3O3. The molecule has 0 heterocycles. The zero-order valence-electron chi connectivity index (χ0n) is 15.1. The van der Waals surface area contributed by atoms with Crippen LogP contribution in [0.4, 0.5) is 0 Å². The molecule has 0 fully saturated rings. The van der Waals surface area contributed by atoms with Crippen LogP contribution in [0.25, 0.3) is 0 Å². The van der Waals surface area contributed by atoms with Crippen molar-refractivity contribution in [2.24, 2.45) is 10.7 Å². The van der Waals surface area contributed by atoms with Crippen molar-refractivity contribution in [2.45, 2.75) is 39.0 Å². The maximum absolute atomic E-state index is 5.82. The molecule has 6 heteroatoms. The highest BCUT2D eigenvalue weighted by Gasteiger charge is 2.02. The molecule has 0 aliphatic carbocycles. The van der Waals surface area contributed by atoms with Gasteiger partial charge in [-0.2, -0.15) is 0 Å². The molecular weight excluding hydrogens is 306 g/mol. The second kappa shape index (κ2) is 12.3. The zero-order valence-corrected chi connectivity index (χ0v) is 15.1. The van der Waals surface area contributed by atoms with E-state index in [9.17, 15) is 0 Å². The van der Waals surface area contributed by atoms with Crippen molar-refractivity contribution in [3.8, 4) is 17.2 Å². The maximum Gasteiger partial charge on any atom is 0.188 e. The third kappa shape index (κ3) is 8.50. The second-order valence-corrected chi connectivity index (χ2v) is 5.50. The van der Waals surface area contributed by atoms with Gasteiger partial charge >= 0.3 is 0 Å². The number of nitrogens with one attached hydrogen (secondary N) is 1. The summed E-state index contributed by atoms with van der Waals surface area (Å²) in [5, 5.41) is 3.13. The average Bonchev–Trinajstić information content (AvgIpc) is 2.60. The van der Waals surface area contributed by atoms with Crippen molar-refractivity contribution < 1.29 is 14.2 Å². The number of nitrogens with zero attached hydrogens (tertiary/aromatic N) is 1. The minimum Gasteiger partial charge on any atom is -0.496 e. The molecule has 24 heavy (non-hydrogen) atoms. The van der Waals surface area contributed by atoms with E-state index >= 15 is 0 Å².